The summed E-state index contributed by atoms with van der Waals surface area (Å²) in [5.41, 5.74) is 0.970. The SMILES string of the molecule is FC(F)(F)C1CCN(Cc2ccc(Br)cc2Oc2ccccc2)CC1. The maximum Gasteiger partial charge on any atom is 0.391 e. The molecule has 0 amide bonds. The molecular weight excluding hydrogens is 395 g/mol. The van der Waals surface area contributed by atoms with Crippen LogP contribution in [0.3, 0.4) is 0 Å². The van der Waals surface area contributed by atoms with Crippen LogP contribution in [-0.2, 0) is 6.54 Å². The summed E-state index contributed by atoms with van der Waals surface area (Å²) < 4.78 is 45.3. The van der Waals surface area contributed by atoms with E-state index in [1.165, 1.54) is 0 Å². The fourth-order valence-corrected chi connectivity index (χ4v) is 3.37. The molecule has 1 saturated heterocycles. The molecule has 0 saturated carbocycles. The number of alkyl halides is 3. The number of nitrogens with zero attached hydrogens (tertiary/aromatic N) is 1. The standard InChI is InChI=1S/C19H19BrF3NO/c20-16-7-6-14(18(12-16)25-17-4-2-1-3-5-17)13-24-10-8-15(9-11-24)19(21,22)23/h1-7,12,15H,8-11,13H2. The van der Waals surface area contributed by atoms with Crippen molar-refractivity contribution < 1.29 is 17.9 Å². The van der Waals surface area contributed by atoms with Crippen LogP contribution in [0, 0.1) is 5.92 Å². The number of hydrogen-bond donors (Lipinski definition) is 0. The molecule has 134 valence electrons. The van der Waals surface area contributed by atoms with Gasteiger partial charge in [0, 0.05) is 16.6 Å². The van der Waals surface area contributed by atoms with Gasteiger partial charge >= 0.3 is 6.18 Å². The summed E-state index contributed by atoms with van der Waals surface area (Å²) >= 11 is 3.45. The fourth-order valence-electron chi connectivity index (χ4n) is 3.03. The third-order valence-electron chi connectivity index (χ3n) is 4.44. The number of hydrogen-bond acceptors (Lipinski definition) is 2. The number of likely N-dealkylation sites (tertiary alicyclic amines) is 1. The lowest BCUT2D eigenvalue weighted by Gasteiger charge is -2.33. The van der Waals surface area contributed by atoms with Gasteiger partial charge in [-0.3, -0.25) is 4.90 Å². The number of halogens is 4. The normalized spacial score (nSPS) is 16.8. The Balaban J connectivity index is 1.69. The number of benzene rings is 2. The minimum Gasteiger partial charge on any atom is -0.457 e. The number of ether oxygens (including phenoxy) is 1. The van der Waals surface area contributed by atoms with Gasteiger partial charge in [-0.15, -0.1) is 0 Å². The first-order valence-electron chi connectivity index (χ1n) is 8.22. The average molecular weight is 414 g/mol. The van der Waals surface area contributed by atoms with E-state index >= 15 is 0 Å². The quantitative estimate of drug-likeness (QED) is 0.607. The van der Waals surface area contributed by atoms with E-state index in [4.69, 9.17) is 4.74 Å². The molecule has 0 N–H and O–H groups in total. The van der Waals surface area contributed by atoms with Crippen LogP contribution in [0.15, 0.2) is 53.0 Å². The molecule has 1 heterocycles. The Kier molecular flexibility index (Phi) is 5.69. The maximum absolute atomic E-state index is 12.8. The minimum atomic E-state index is -4.08. The van der Waals surface area contributed by atoms with Crippen molar-refractivity contribution in [2.45, 2.75) is 25.6 Å². The van der Waals surface area contributed by atoms with Crippen molar-refractivity contribution in [2.24, 2.45) is 5.92 Å². The van der Waals surface area contributed by atoms with Crippen molar-refractivity contribution in [3.05, 3.63) is 58.6 Å². The smallest absolute Gasteiger partial charge is 0.391 e. The van der Waals surface area contributed by atoms with Gasteiger partial charge in [-0.05, 0) is 50.2 Å². The Morgan fingerprint density at radius 1 is 1.04 bits per heavy atom. The summed E-state index contributed by atoms with van der Waals surface area (Å²) in [6, 6.07) is 15.2. The molecule has 2 aromatic carbocycles. The van der Waals surface area contributed by atoms with Gasteiger partial charge in [-0.1, -0.05) is 40.2 Å². The Labute approximate surface area is 153 Å². The van der Waals surface area contributed by atoms with Crippen LogP contribution in [0.5, 0.6) is 11.5 Å². The fraction of sp³-hybridized carbons (Fsp3) is 0.368. The highest BCUT2D eigenvalue weighted by Crippen LogP contribution is 2.35. The zero-order valence-electron chi connectivity index (χ0n) is 13.6. The second kappa shape index (κ2) is 7.79. The predicted octanol–water partition coefficient (Wildman–Crippen LogP) is 6.02. The lowest BCUT2D eigenvalue weighted by Crippen LogP contribution is -2.38. The maximum atomic E-state index is 12.8. The van der Waals surface area contributed by atoms with Gasteiger partial charge in [0.1, 0.15) is 11.5 Å². The lowest BCUT2D eigenvalue weighted by atomic mass is 9.96. The zero-order valence-corrected chi connectivity index (χ0v) is 15.2. The summed E-state index contributed by atoms with van der Waals surface area (Å²) in [7, 11) is 0. The topological polar surface area (TPSA) is 12.5 Å². The van der Waals surface area contributed by atoms with Crippen molar-refractivity contribution in [3.63, 3.8) is 0 Å². The Bertz CT molecular complexity index is 698. The third-order valence-corrected chi connectivity index (χ3v) is 4.94. The van der Waals surface area contributed by atoms with Crippen molar-refractivity contribution in [1.82, 2.24) is 4.90 Å². The summed E-state index contributed by atoms with van der Waals surface area (Å²) in [5, 5.41) is 0. The average Bonchev–Trinajstić information content (AvgIpc) is 2.58. The highest BCUT2D eigenvalue weighted by Gasteiger charge is 2.41. The summed E-state index contributed by atoms with van der Waals surface area (Å²) in [5.74, 6) is 0.282. The summed E-state index contributed by atoms with van der Waals surface area (Å²) in [6.45, 7) is 1.48. The second-order valence-corrected chi connectivity index (χ2v) is 7.17. The van der Waals surface area contributed by atoms with Gasteiger partial charge in [-0.2, -0.15) is 13.2 Å². The first-order chi connectivity index (χ1) is 11.9. The predicted molar refractivity (Wildman–Crippen MR) is 94.7 cm³/mol. The van der Waals surface area contributed by atoms with Crippen LogP contribution in [0.1, 0.15) is 18.4 Å². The van der Waals surface area contributed by atoms with E-state index in [0.29, 0.717) is 19.6 Å². The van der Waals surface area contributed by atoms with Gasteiger partial charge in [0.05, 0.1) is 5.92 Å². The number of rotatable bonds is 4. The zero-order chi connectivity index (χ0) is 17.9. The monoisotopic (exact) mass is 413 g/mol. The van der Waals surface area contributed by atoms with Gasteiger partial charge in [-0.25, -0.2) is 0 Å². The first kappa shape index (κ1) is 18.3. The van der Waals surface area contributed by atoms with Crippen LogP contribution in [0.4, 0.5) is 13.2 Å². The Morgan fingerprint density at radius 2 is 1.72 bits per heavy atom. The molecule has 0 spiro atoms. The van der Waals surface area contributed by atoms with E-state index in [1.807, 2.05) is 48.5 Å². The van der Waals surface area contributed by atoms with Crippen molar-refractivity contribution in [3.8, 4) is 11.5 Å². The largest absolute Gasteiger partial charge is 0.457 e. The summed E-state index contributed by atoms with van der Waals surface area (Å²) in [6.07, 6.45) is -3.75. The lowest BCUT2D eigenvalue weighted by molar-refractivity contribution is -0.185. The van der Waals surface area contributed by atoms with Crippen LogP contribution in [-0.4, -0.2) is 24.2 Å². The molecule has 6 heteroatoms. The highest BCUT2D eigenvalue weighted by atomic mass is 79.9. The molecule has 0 aromatic heterocycles. The van der Waals surface area contributed by atoms with Gasteiger partial charge in [0.15, 0.2) is 0 Å². The molecular formula is C19H19BrF3NO. The van der Waals surface area contributed by atoms with Crippen molar-refractivity contribution in [1.29, 1.82) is 0 Å². The molecule has 1 fully saturated rings. The second-order valence-electron chi connectivity index (χ2n) is 6.26. The highest BCUT2D eigenvalue weighted by molar-refractivity contribution is 9.10. The molecule has 0 bridgehead atoms. The number of piperidine rings is 1. The molecule has 0 atom stereocenters. The van der Waals surface area contributed by atoms with Crippen LogP contribution in [0.2, 0.25) is 0 Å². The van der Waals surface area contributed by atoms with Crippen molar-refractivity contribution in [2.75, 3.05) is 13.1 Å². The van der Waals surface area contributed by atoms with Gasteiger partial charge < -0.3 is 4.74 Å². The molecule has 1 aliphatic heterocycles. The third kappa shape index (κ3) is 4.98. The van der Waals surface area contributed by atoms with E-state index < -0.39 is 12.1 Å². The van der Waals surface area contributed by atoms with E-state index in [9.17, 15) is 13.2 Å². The van der Waals surface area contributed by atoms with Crippen LogP contribution < -0.4 is 4.74 Å². The van der Waals surface area contributed by atoms with Crippen LogP contribution >= 0.6 is 15.9 Å². The minimum absolute atomic E-state index is 0.162. The molecule has 25 heavy (non-hydrogen) atoms. The molecule has 3 rings (SSSR count). The van der Waals surface area contributed by atoms with Crippen molar-refractivity contribution >= 4 is 15.9 Å². The molecule has 0 aliphatic carbocycles. The molecule has 2 aromatic rings. The van der Waals surface area contributed by atoms with Gasteiger partial charge in [0.2, 0.25) is 0 Å². The van der Waals surface area contributed by atoms with E-state index in [0.717, 1.165) is 21.5 Å². The Morgan fingerprint density at radius 3 is 2.36 bits per heavy atom. The first-order valence-corrected chi connectivity index (χ1v) is 9.01. The summed E-state index contributed by atoms with van der Waals surface area (Å²) in [4.78, 5) is 2.06. The molecule has 1 aliphatic rings. The number of para-hydroxylation sites is 1. The van der Waals surface area contributed by atoms with E-state index in [2.05, 4.69) is 20.8 Å². The van der Waals surface area contributed by atoms with E-state index in [-0.39, 0.29) is 12.8 Å². The van der Waals surface area contributed by atoms with Crippen LogP contribution in [0.25, 0.3) is 0 Å². The Hall–Kier alpha value is -1.53. The molecule has 2 nitrogen and oxygen atoms in total. The molecule has 0 radical (unpaired) electrons. The molecule has 0 unspecified atom stereocenters. The van der Waals surface area contributed by atoms with E-state index in [1.54, 1.807) is 0 Å². The van der Waals surface area contributed by atoms with Gasteiger partial charge in [0.25, 0.3) is 0 Å².